The summed E-state index contributed by atoms with van der Waals surface area (Å²) in [4.78, 5) is 175. The minimum atomic E-state index is -1.86. The summed E-state index contributed by atoms with van der Waals surface area (Å²) in [6.07, 6.45) is 6.66. The molecule has 28 nitrogen and oxygen atoms in total. The van der Waals surface area contributed by atoms with Crippen LogP contribution in [0.5, 0.6) is 0 Å². The third-order valence-electron chi connectivity index (χ3n) is 11.5. The second kappa shape index (κ2) is 37.3. The average molecular weight is 1080 g/mol. The zero-order valence-corrected chi connectivity index (χ0v) is 44.6. The molecule has 0 saturated heterocycles. The highest BCUT2D eigenvalue weighted by molar-refractivity contribution is 5.98. The van der Waals surface area contributed by atoms with Crippen molar-refractivity contribution in [3.8, 4) is 0 Å². The van der Waals surface area contributed by atoms with Crippen LogP contribution in [-0.4, -0.2) is 160 Å². The minimum Gasteiger partial charge on any atom is -0.481 e. The van der Waals surface area contributed by atoms with E-state index in [-0.39, 0.29) is 18.2 Å². The van der Waals surface area contributed by atoms with Crippen molar-refractivity contribution < 1.29 is 82.4 Å². The average Bonchev–Trinajstić information content (AvgIpc) is 3.33. The van der Waals surface area contributed by atoms with Crippen molar-refractivity contribution in [3.63, 3.8) is 0 Å². The van der Waals surface area contributed by atoms with Crippen LogP contribution in [0.3, 0.4) is 0 Å². The number of hydrogen-bond acceptors (Lipinski definition) is 14. The van der Waals surface area contributed by atoms with Gasteiger partial charge in [0, 0.05) is 19.3 Å². The summed E-state index contributed by atoms with van der Waals surface area (Å²) < 4.78 is 0. The number of rotatable bonds is 40. The number of carbonyl (C=O) groups excluding carboxylic acids is 11. The lowest BCUT2D eigenvalue weighted by Crippen LogP contribution is -2.59. The second-order valence-electron chi connectivity index (χ2n) is 18.9. The van der Waals surface area contributed by atoms with Crippen molar-refractivity contribution in [2.45, 2.75) is 187 Å². The number of unbranched alkanes of at least 4 members (excludes halogenated alkanes) is 8. The molecule has 0 heterocycles. The number of hydrogen-bond donors (Lipinski definition) is 14. The molecule has 0 aromatic rings. The van der Waals surface area contributed by atoms with Crippen molar-refractivity contribution in [2.75, 3.05) is 19.6 Å². The minimum absolute atomic E-state index is 0.244. The van der Waals surface area contributed by atoms with Gasteiger partial charge in [0.25, 0.3) is 0 Å². The Morgan fingerprint density at radius 1 is 0.382 bits per heavy atom. The Morgan fingerprint density at radius 2 is 0.763 bits per heavy atom. The number of nitrogens with two attached hydrogens (primary N) is 1. The molecule has 7 atom stereocenters. The first-order valence-electron chi connectivity index (χ1n) is 25.5. The molecule has 0 fully saturated rings. The normalized spacial score (nSPS) is 13.6. The Balaban J connectivity index is 5.46. The van der Waals surface area contributed by atoms with E-state index in [0.717, 1.165) is 25.7 Å². The molecule has 0 aliphatic carbocycles. The second-order valence-corrected chi connectivity index (χ2v) is 18.9. The predicted octanol–water partition coefficient (Wildman–Crippen LogP) is -2.31. The van der Waals surface area contributed by atoms with Crippen LogP contribution >= 0.6 is 0 Å². The van der Waals surface area contributed by atoms with Gasteiger partial charge in [-0.15, -0.1) is 0 Å². The van der Waals surface area contributed by atoms with Crippen molar-refractivity contribution in [3.05, 3.63) is 0 Å². The first-order valence-corrected chi connectivity index (χ1v) is 25.5. The first kappa shape index (κ1) is 68.6. The van der Waals surface area contributed by atoms with E-state index in [9.17, 15) is 77.3 Å². The topological polar surface area (TPSA) is 446 Å². The highest BCUT2D eigenvalue weighted by Crippen LogP contribution is 2.12. The van der Waals surface area contributed by atoms with Crippen molar-refractivity contribution in [1.82, 2.24) is 53.2 Å². The molecule has 0 saturated carbocycles. The van der Waals surface area contributed by atoms with Gasteiger partial charge in [-0.25, -0.2) is 0 Å². The molecule has 0 unspecified atom stereocenters. The quantitative estimate of drug-likeness (QED) is 0.0287. The summed E-state index contributed by atoms with van der Waals surface area (Å²) in [5.41, 5.74) is 5.12. The Kier molecular flexibility index (Phi) is 33.7. The van der Waals surface area contributed by atoms with E-state index in [1.54, 1.807) is 27.7 Å². The number of carboxylic acid groups (broad SMARTS) is 3. The van der Waals surface area contributed by atoms with Crippen LogP contribution in [0.15, 0.2) is 0 Å². The molecular weight excluding hydrogens is 1000 g/mol. The highest BCUT2D eigenvalue weighted by Gasteiger charge is 2.33. The zero-order valence-electron chi connectivity index (χ0n) is 44.6. The van der Waals surface area contributed by atoms with Gasteiger partial charge in [-0.1, -0.05) is 86.0 Å². The molecule has 0 rings (SSSR count). The standard InChI is InChI=1S/C48H81N11O17/c1-8-9-10-11-12-13-14-15-16-17-33(60)58-40(26(2)3)48(76)59-41(27(4)5)47(75)54-29(7)43(71)50-23-34(61)55-30(18-20-37(64)65)44(72)51-25-36(63)57-32(22-39(68)69)45(73)52-24-35(62)56-31(19-21-38(66)67)46(74)53-28(6)42(49)70/h26-32,40-41H,8-25H2,1-7H3,(H2,49,70)(H,50,71)(H,51,72)(H,52,73)(H,53,74)(H,54,75)(H,55,61)(H,56,62)(H,57,63)(H,58,60)(H,59,76)(H,64,65)(H,66,67)(H,68,69)/t28-,29-,30-,31-,32-,40-,41-/m0/s1. The number of nitrogens with one attached hydrogen (secondary N) is 10. The molecule has 15 N–H and O–H groups in total. The van der Waals surface area contributed by atoms with Gasteiger partial charge in [0.05, 0.1) is 26.1 Å². The van der Waals surface area contributed by atoms with E-state index in [2.05, 4.69) is 54.8 Å². The van der Waals surface area contributed by atoms with E-state index < -0.39 is 177 Å². The lowest BCUT2D eigenvalue weighted by molar-refractivity contribution is -0.141. The summed E-state index contributed by atoms with van der Waals surface area (Å²) >= 11 is 0. The number of aliphatic carboxylic acids is 3. The molecular formula is C48H81N11O17. The molecule has 76 heavy (non-hydrogen) atoms. The number of amides is 11. The number of carbonyl (C=O) groups is 14. The SMILES string of the molecule is CCCCCCCCCCCC(=O)N[C@H](C(=O)N[C@H](C(=O)N[C@@H](C)C(=O)NCC(=O)N[C@@H](CCC(=O)O)C(=O)NCC(=O)N[C@@H](CC(=O)O)C(=O)NCC(=O)N[C@@H](CCC(=O)O)C(=O)N[C@@H](C)C(N)=O)C(C)C)C(C)C. The van der Waals surface area contributed by atoms with Crippen LogP contribution < -0.4 is 58.9 Å². The van der Waals surface area contributed by atoms with E-state index in [0.29, 0.717) is 6.42 Å². The Hall–Kier alpha value is -7.42. The van der Waals surface area contributed by atoms with Crippen molar-refractivity contribution in [2.24, 2.45) is 17.6 Å². The highest BCUT2D eigenvalue weighted by atomic mass is 16.4. The van der Waals surface area contributed by atoms with E-state index in [4.69, 9.17) is 10.8 Å². The van der Waals surface area contributed by atoms with Gasteiger partial charge in [-0.2, -0.15) is 0 Å². The molecule has 0 aromatic heterocycles. The smallest absolute Gasteiger partial charge is 0.305 e. The van der Waals surface area contributed by atoms with Crippen molar-refractivity contribution >= 4 is 82.9 Å². The predicted molar refractivity (Wildman–Crippen MR) is 271 cm³/mol. The molecule has 28 heteroatoms. The van der Waals surface area contributed by atoms with E-state index in [1.165, 1.54) is 39.5 Å². The Labute approximate surface area is 441 Å². The molecule has 11 amide bonds. The first-order chi connectivity index (χ1) is 35.6. The van der Waals surface area contributed by atoms with Crippen LogP contribution in [0.1, 0.15) is 145 Å². The summed E-state index contributed by atoms with van der Waals surface area (Å²) in [7, 11) is 0. The fraction of sp³-hybridized carbons (Fsp3) is 0.708. The number of primary amides is 1. The third kappa shape index (κ3) is 30.7. The molecule has 0 radical (unpaired) electrons. The largest absolute Gasteiger partial charge is 0.481 e. The van der Waals surface area contributed by atoms with Crippen LogP contribution in [0.25, 0.3) is 0 Å². The van der Waals surface area contributed by atoms with E-state index in [1.807, 2.05) is 5.32 Å². The molecule has 0 aliphatic rings. The summed E-state index contributed by atoms with van der Waals surface area (Å²) in [6, 6.07) is -9.55. The fourth-order valence-electron chi connectivity index (χ4n) is 7.00. The molecule has 0 bridgehead atoms. The van der Waals surface area contributed by atoms with Gasteiger partial charge < -0.3 is 74.2 Å². The molecule has 0 spiro atoms. The van der Waals surface area contributed by atoms with Gasteiger partial charge in [-0.05, 0) is 44.9 Å². The molecule has 0 aromatic carbocycles. The van der Waals surface area contributed by atoms with Gasteiger partial charge in [0.2, 0.25) is 65.0 Å². The zero-order chi connectivity index (χ0) is 58.1. The third-order valence-corrected chi connectivity index (χ3v) is 11.5. The van der Waals surface area contributed by atoms with Gasteiger partial charge in [0.15, 0.2) is 0 Å². The Bertz CT molecular complexity index is 2020. The van der Waals surface area contributed by atoms with Gasteiger partial charge in [0.1, 0.15) is 42.3 Å². The maximum Gasteiger partial charge on any atom is 0.305 e. The summed E-state index contributed by atoms with van der Waals surface area (Å²) in [5, 5.41) is 50.6. The van der Waals surface area contributed by atoms with Crippen LogP contribution in [0, 0.1) is 11.8 Å². The maximum absolute atomic E-state index is 13.4. The maximum atomic E-state index is 13.4. The monoisotopic (exact) mass is 1080 g/mol. The molecule has 0 aliphatic heterocycles. The fourth-order valence-corrected chi connectivity index (χ4v) is 7.00. The summed E-state index contributed by atoms with van der Waals surface area (Å²) in [5.74, 6) is -15.1. The van der Waals surface area contributed by atoms with Crippen LogP contribution in [0.4, 0.5) is 0 Å². The number of carboxylic acids is 3. The van der Waals surface area contributed by atoms with E-state index >= 15 is 0 Å². The Morgan fingerprint density at radius 3 is 1.20 bits per heavy atom. The lowest BCUT2D eigenvalue weighted by atomic mass is 9.99. The van der Waals surface area contributed by atoms with Crippen LogP contribution in [0.2, 0.25) is 0 Å². The lowest BCUT2D eigenvalue weighted by Gasteiger charge is -2.28. The molecule has 430 valence electrons. The summed E-state index contributed by atoms with van der Waals surface area (Å²) in [6.45, 7) is 8.85. The van der Waals surface area contributed by atoms with Crippen molar-refractivity contribution in [1.29, 1.82) is 0 Å². The van der Waals surface area contributed by atoms with Gasteiger partial charge >= 0.3 is 17.9 Å². The van der Waals surface area contributed by atoms with Gasteiger partial charge in [-0.3, -0.25) is 67.1 Å². The van der Waals surface area contributed by atoms with Crippen LogP contribution in [-0.2, 0) is 67.1 Å².